The van der Waals surface area contributed by atoms with Crippen LogP contribution in [0.5, 0.6) is 5.75 Å². The Balaban J connectivity index is 1.41. The van der Waals surface area contributed by atoms with Crippen molar-refractivity contribution < 1.29 is 19.4 Å². The molecule has 1 aromatic carbocycles. The minimum Gasteiger partial charge on any atom is -0.492 e. The van der Waals surface area contributed by atoms with Crippen molar-refractivity contribution in [3.05, 3.63) is 77.9 Å². The topological polar surface area (TPSA) is 84.8 Å². The number of aromatic nitrogens is 2. The van der Waals surface area contributed by atoms with Gasteiger partial charge in [-0.3, -0.25) is 9.97 Å². The molecule has 0 saturated heterocycles. The summed E-state index contributed by atoms with van der Waals surface area (Å²) in [6.07, 6.45) is 3.80. The number of benzene rings is 1. The molecule has 0 amide bonds. The Morgan fingerprint density at radius 1 is 1.07 bits per heavy atom. The quantitative estimate of drug-likeness (QED) is 0.616. The number of anilines is 2. The highest BCUT2D eigenvalue weighted by Crippen LogP contribution is 2.35. The highest BCUT2D eigenvalue weighted by atomic mass is 16.5. The lowest BCUT2D eigenvalue weighted by Gasteiger charge is -2.31. The molecule has 1 aliphatic heterocycles. The van der Waals surface area contributed by atoms with E-state index in [4.69, 9.17) is 14.6 Å². The first kappa shape index (κ1) is 19.8. The predicted octanol–water partition coefficient (Wildman–Crippen LogP) is 3.24. The number of pyridine rings is 2. The van der Waals surface area contributed by atoms with Gasteiger partial charge in [0.2, 0.25) is 0 Å². The monoisotopic (exact) mass is 405 g/mol. The zero-order valence-corrected chi connectivity index (χ0v) is 16.7. The van der Waals surface area contributed by atoms with E-state index in [0.29, 0.717) is 19.6 Å². The van der Waals surface area contributed by atoms with Gasteiger partial charge >= 0.3 is 5.97 Å². The molecule has 1 aliphatic rings. The summed E-state index contributed by atoms with van der Waals surface area (Å²) >= 11 is 0. The van der Waals surface area contributed by atoms with Crippen molar-refractivity contribution in [2.24, 2.45) is 0 Å². The number of methoxy groups -OCH3 is 1. The molecule has 3 aromatic rings. The van der Waals surface area contributed by atoms with Gasteiger partial charge in [0, 0.05) is 32.3 Å². The van der Waals surface area contributed by atoms with E-state index in [1.165, 1.54) is 7.11 Å². The maximum Gasteiger partial charge on any atom is 0.333 e. The third-order valence-corrected chi connectivity index (χ3v) is 5.14. The Hall–Kier alpha value is -3.45. The molecule has 1 atom stereocenters. The number of carboxylic acid groups (broad SMARTS) is 1. The number of nitrogens with zero attached hydrogens (tertiary/aromatic N) is 3. The largest absolute Gasteiger partial charge is 0.492 e. The molecular formula is C23H23N3O4. The summed E-state index contributed by atoms with van der Waals surface area (Å²) in [5.41, 5.74) is 5.07. The second-order valence-electron chi connectivity index (χ2n) is 7.03. The number of ether oxygens (including phenoxy) is 2. The van der Waals surface area contributed by atoms with Crippen LogP contribution in [0.15, 0.2) is 60.9 Å². The minimum atomic E-state index is -0.969. The van der Waals surface area contributed by atoms with Crippen molar-refractivity contribution in [3.8, 4) is 5.75 Å². The van der Waals surface area contributed by atoms with Gasteiger partial charge in [-0.1, -0.05) is 12.1 Å². The Labute approximate surface area is 174 Å². The Morgan fingerprint density at radius 2 is 1.70 bits per heavy atom. The summed E-state index contributed by atoms with van der Waals surface area (Å²) in [4.78, 5) is 22.3. The van der Waals surface area contributed by atoms with Crippen LogP contribution in [0.3, 0.4) is 0 Å². The molecule has 3 heterocycles. The average Bonchev–Trinajstić information content (AvgIpc) is 2.77. The van der Waals surface area contributed by atoms with Crippen LogP contribution in [0.2, 0.25) is 0 Å². The summed E-state index contributed by atoms with van der Waals surface area (Å²) in [5.74, 6) is -0.234. The number of carbonyl (C=O) groups is 1. The second kappa shape index (κ2) is 8.92. The molecule has 0 bridgehead atoms. The predicted molar refractivity (Wildman–Crippen MR) is 112 cm³/mol. The molecule has 0 aliphatic carbocycles. The van der Waals surface area contributed by atoms with Crippen LogP contribution in [0.1, 0.15) is 17.0 Å². The first-order chi connectivity index (χ1) is 14.7. The summed E-state index contributed by atoms with van der Waals surface area (Å²) < 4.78 is 10.9. The highest BCUT2D eigenvalue weighted by Gasteiger charge is 2.24. The smallest absolute Gasteiger partial charge is 0.333 e. The lowest BCUT2D eigenvalue weighted by Crippen LogP contribution is -2.29. The Morgan fingerprint density at radius 3 is 2.27 bits per heavy atom. The van der Waals surface area contributed by atoms with E-state index in [9.17, 15) is 4.79 Å². The van der Waals surface area contributed by atoms with E-state index in [1.807, 2.05) is 48.8 Å². The fourth-order valence-corrected chi connectivity index (χ4v) is 3.61. The van der Waals surface area contributed by atoms with Crippen LogP contribution in [-0.4, -0.2) is 47.4 Å². The molecule has 0 radical (unpaired) electrons. The maximum atomic E-state index is 11.1. The molecule has 1 N–H and O–H groups in total. The second-order valence-corrected chi connectivity index (χ2v) is 7.03. The summed E-state index contributed by atoms with van der Waals surface area (Å²) in [6.45, 7) is 1.14. The minimum absolute atomic E-state index is 0.313. The van der Waals surface area contributed by atoms with Gasteiger partial charge in [0.25, 0.3) is 0 Å². The lowest BCUT2D eigenvalue weighted by molar-refractivity contribution is -0.148. The van der Waals surface area contributed by atoms with Gasteiger partial charge in [0.05, 0.1) is 29.3 Å². The van der Waals surface area contributed by atoms with E-state index in [1.54, 1.807) is 0 Å². The van der Waals surface area contributed by atoms with Crippen LogP contribution < -0.4 is 9.64 Å². The first-order valence-electron chi connectivity index (χ1n) is 9.78. The maximum absolute atomic E-state index is 11.1. The Kier molecular flexibility index (Phi) is 5.90. The van der Waals surface area contributed by atoms with Crippen molar-refractivity contribution in [1.29, 1.82) is 0 Å². The van der Waals surface area contributed by atoms with Crippen molar-refractivity contribution in [1.82, 2.24) is 9.97 Å². The summed E-state index contributed by atoms with van der Waals surface area (Å²) in [7, 11) is 1.40. The van der Waals surface area contributed by atoms with Gasteiger partial charge in [-0.25, -0.2) is 4.79 Å². The number of hydrogen-bond donors (Lipinski definition) is 1. The number of carboxylic acids is 1. The van der Waals surface area contributed by atoms with Gasteiger partial charge < -0.3 is 19.5 Å². The molecule has 0 spiro atoms. The first-order valence-corrected chi connectivity index (χ1v) is 9.78. The molecule has 154 valence electrons. The van der Waals surface area contributed by atoms with Gasteiger partial charge in [0.15, 0.2) is 6.10 Å². The van der Waals surface area contributed by atoms with Gasteiger partial charge in [-0.2, -0.15) is 0 Å². The number of aliphatic carboxylic acids is 1. The average molecular weight is 405 g/mol. The standard InChI is InChI=1S/C23H23N3O4/c1-29-22(23(27)28)14-16-6-8-17(9-7-16)30-13-12-26-20-4-2-10-24-18(20)15-19-21(26)5-3-11-25-19/h2-11,22H,12-15H2,1H3,(H,27,28). The van der Waals surface area contributed by atoms with Gasteiger partial charge in [-0.15, -0.1) is 0 Å². The van der Waals surface area contributed by atoms with E-state index in [0.717, 1.165) is 40.5 Å². The summed E-state index contributed by atoms with van der Waals surface area (Å²) in [6, 6.07) is 15.5. The zero-order chi connectivity index (χ0) is 20.9. The fourth-order valence-electron chi connectivity index (χ4n) is 3.61. The molecule has 7 heteroatoms. The third-order valence-electron chi connectivity index (χ3n) is 5.14. The van der Waals surface area contributed by atoms with Crippen molar-refractivity contribution >= 4 is 17.3 Å². The zero-order valence-electron chi connectivity index (χ0n) is 16.7. The van der Waals surface area contributed by atoms with Crippen molar-refractivity contribution in [3.63, 3.8) is 0 Å². The third kappa shape index (κ3) is 4.26. The molecule has 0 fully saturated rings. The Bertz CT molecular complexity index is 977. The van der Waals surface area contributed by atoms with Crippen LogP contribution in [-0.2, 0) is 22.4 Å². The van der Waals surface area contributed by atoms with Crippen LogP contribution >= 0.6 is 0 Å². The van der Waals surface area contributed by atoms with Crippen LogP contribution in [0, 0.1) is 0 Å². The normalized spacial score (nSPS) is 13.3. The van der Waals surface area contributed by atoms with E-state index in [2.05, 4.69) is 27.0 Å². The summed E-state index contributed by atoms with van der Waals surface area (Å²) in [5, 5.41) is 9.11. The molecule has 7 nitrogen and oxygen atoms in total. The molecule has 2 aromatic heterocycles. The SMILES string of the molecule is COC(Cc1ccc(OCCN2c3cccnc3Cc3ncccc32)cc1)C(=O)O. The fraction of sp³-hybridized carbons (Fsp3) is 0.261. The van der Waals surface area contributed by atoms with E-state index < -0.39 is 12.1 Å². The molecule has 0 saturated carbocycles. The van der Waals surface area contributed by atoms with Crippen molar-refractivity contribution in [2.75, 3.05) is 25.2 Å². The number of hydrogen-bond acceptors (Lipinski definition) is 6. The number of fused-ring (bicyclic) bond motifs is 2. The van der Waals surface area contributed by atoms with E-state index >= 15 is 0 Å². The molecule has 30 heavy (non-hydrogen) atoms. The van der Waals surface area contributed by atoms with Crippen LogP contribution in [0.25, 0.3) is 0 Å². The van der Waals surface area contributed by atoms with Gasteiger partial charge in [0.1, 0.15) is 12.4 Å². The van der Waals surface area contributed by atoms with E-state index in [-0.39, 0.29) is 0 Å². The number of rotatable bonds is 8. The lowest BCUT2D eigenvalue weighted by atomic mass is 10.0. The van der Waals surface area contributed by atoms with Gasteiger partial charge in [-0.05, 0) is 42.0 Å². The van der Waals surface area contributed by atoms with Crippen molar-refractivity contribution in [2.45, 2.75) is 18.9 Å². The highest BCUT2D eigenvalue weighted by molar-refractivity contribution is 5.73. The molecular weight excluding hydrogens is 382 g/mol. The molecule has 4 rings (SSSR count). The molecule has 1 unspecified atom stereocenters. The van der Waals surface area contributed by atoms with Crippen LogP contribution in [0.4, 0.5) is 11.4 Å².